The van der Waals surface area contributed by atoms with Crippen LogP contribution in [-0.4, -0.2) is 30.8 Å². The second-order valence-corrected chi connectivity index (χ2v) is 5.20. The molecule has 0 aliphatic carbocycles. The molecule has 1 saturated heterocycles. The maximum absolute atomic E-state index is 14.1. The summed E-state index contributed by atoms with van der Waals surface area (Å²) in [6.45, 7) is 5.11. The van der Waals surface area contributed by atoms with Crippen molar-refractivity contribution in [2.45, 2.75) is 38.8 Å². The van der Waals surface area contributed by atoms with Crippen LogP contribution in [0.4, 0.5) is 10.1 Å². The molecule has 4 heteroatoms. The molecular formula is C15H23FN2O. The van der Waals surface area contributed by atoms with Gasteiger partial charge in [-0.05, 0) is 43.5 Å². The smallest absolute Gasteiger partial charge is 0.146 e. The van der Waals surface area contributed by atoms with E-state index in [1.165, 1.54) is 0 Å². The van der Waals surface area contributed by atoms with E-state index in [4.69, 9.17) is 0 Å². The van der Waals surface area contributed by atoms with Crippen molar-refractivity contribution in [3.63, 3.8) is 0 Å². The van der Waals surface area contributed by atoms with Crippen LogP contribution in [0.3, 0.4) is 0 Å². The lowest BCUT2D eigenvalue weighted by Gasteiger charge is -2.32. The van der Waals surface area contributed by atoms with E-state index in [0.29, 0.717) is 18.8 Å². The molecule has 0 spiro atoms. The molecule has 0 amide bonds. The van der Waals surface area contributed by atoms with Gasteiger partial charge >= 0.3 is 0 Å². The van der Waals surface area contributed by atoms with E-state index in [1.54, 1.807) is 6.07 Å². The van der Waals surface area contributed by atoms with E-state index in [0.717, 1.165) is 37.9 Å². The highest BCUT2D eigenvalue weighted by atomic mass is 19.1. The number of aliphatic hydroxyl groups excluding tert-OH is 1. The predicted molar refractivity (Wildman–Crippen MR) is 75.9 cm³/mol. The van der Waals surface area contributed by atoms with E-state index in [1.807, 2.05) is 17.0 Å². The summed E-state index contributed by atoms with van der Waals surface area (Å²) in [4.78, 5) is 1.94. The summed E-state index contributed by atoms with van der Waals surface area (Å²) >= 11 is 0. The number of hydrogen-bond donors (Lipinski definition) is 2. The number of hydrogen-bond acceptors (Lipinski definition) is 3. The third-order valence-corrected chi connectivity index (χ3v) is 3.51. The first-order valence-corrected chi connectivity index (χ1v) is 7.13. The van der Waals surface area contributed by atoms with Crippen molar-refractivity contribution < 1.29 is 9.50 Å². The summed E-state index contributed by atoms with van der Waals surface area (Å²) in [5, 5.41) is 12.9. The fourth-order valence-corrected chi connectivity index (χ4v) is 2.50. The van der Waals surface area contributed by atoms with Gasteiger partial charge in [-0.3, -0.25) is 0 Å². The van der Waals surface area contributed by atoms with Crippen LogP contribution in [0.1, 0.15) is 31.7 Å². The fraction of sp³-hybridized carbons (Fsp3) is 0.600. The Kier molecular flexibility index (Phi) is 5.16. The highest BCUT2D eigenvalue weighted by molar-refractivity contribution is 5.49. The van der Waals surface area contributed by atoms with Crippen LogP contribution in [0.25, 0.3) is 0 Å². The van der Waals surface area contributed by atoms with Crippen LogP contribution in [0, 0.1) is 5.82 Å². The van der Waals surface area contributed by atoms with Gasteiger partial charge in [-0.25, -0.2) is 4.39 Å². The zero-order chi connectivity index (χ0) is 13.7. The predicted octanol–water partition coefficient (Wildman–Crippen LogP) is 2.29. The van der Waals surface area contributed by atoms with E-state index in [2.05, 4.69) is 12.2 Å². The zero-order valence-corrected chi connectivity index (χ0v) is 11.5. The Hall–Kier alpha value is -1.13. The minimum absolute atomic E-state index is 0.190. The average molecular weight is 266 g/mol. The third kappa shape index (κ3) is 3.91. The van der Waals surface area contributed by atoms with Gasteiger partial charge in [-0.2, -0.15) is 0 Å². The number of rotatable bonds is 5. The van der Waals surface area contributed by atoms with Crippen LogP contribution in [0.5, 0.6) is 0 Å². The summed E-state index contributed by atoms with van der Waals surface area (Å²) in [6.07, 6.45) is 2.48. The van der Waals surface area contributed by atoms with E-state index in [9.17, 15) is 9.50 Å². The Balaban J connectivity index is 2.02. The Morgan fingerprint density at radius 3 is 3.00 bits per heavy atom. The summed E-state index contributed by atoms with van der Waals surface area (Å²) in [6, 6.07) is 5.39. The molecule has 0 bridgehead atoms. The van der Waals surface area contributed by atoms with Gasteiger partial charge in [0.25, 0.3) is 0 Å². The number of halogens is 1. The SMILES string of the molecule is CCCNCc1ccc(N2CCCC(O)C2)c(F)c1. The number of nitrogens with one attached hydrogen (secondary N) is 1. The summed E-state index contributed by atoms with van der Waals surface area (Å²) in [5.41, 5.74) is 1.57. The van der Waals surface area contributed by atoms with Gasteiger partial charge in [0, 0.05) is 19.6 Å². The summed E-state index contributed by atoms with van der Waals surface area (Å²) in [7, 11) is 0. The van der Waals surface area contributed by atoms with Gasteiger partial charge in [0.1, 0.15) is 5.82 Å². The summed E-state index contributed by atoms with van der Waals surface area (Å²) < 4.78 is 14.1. The number of nitrogens with zero attached hydrogens (tertiary/aromatic N) is 1. The molecule has 2 rings (SSSR count). The van der Waals surface area contributed by atoms with Crippen molar-refractivity contribution in [2.24, 2.45) is 0 Å². The second kappa shape index (κ2) is 6.87. The quantitative estimate of drug-likeness (QED) is 0.803. The van der Waals surface area contributed by atoms with E-state index < -0.39 is 0 Å². The van der Waals surface area contributed by atoms with Crippen LogP contribution in [0.15, 0.2) is 18.2 Å². The molecule has 1 aliphatic rings. The standard InChI is InChI=1S/C15H23FN2O/c1-2-7-17-10-12-5-6-15(14(16)9-12)18-8-3-4-13(19)11-18/h5-6,9,13,17,19H,2-4,7-8,10-11H2,1H3. The summed E-state index contributed by atoms with van der Waals surface area (Å²) in [5.74, 6) is -0.190. The topological polar surface area (TPSA) is 35.5 Å². The first kappa shape index (κ1) is 14.3. The molecule has 1 atom stereocenters. The Morgan fingerprint density at radius 2 is 2.32 bits per heavy atom. The minimum atomic E-state index is -0.334. The van der Waals surface area contributed by atoms with Gasteiger partial charge in [-0.1, -0.05) is 13.0 Å². The van der Waals surface area contributed by atoms with Gasteiger partial charge in [0.15, 0.2) is 0 Å². The van der Waals surface area contributed by atoms with Crippen molar-refractivity contribution in [2.75, 3.05) is 24.5 Å². The van der Waals surface area contributed by atoms with Gasteiger partial charge in [-0.15, -0.1) is 0 Å². The van der Waals surface area contributed by atoms with Crippen molar-refractivity contribution in [3.05, 3.63) is 29.6 Å². The Bertz CT molecular complexity index is 411. The average Bonchev–Trinajstić information content (AvgIpc) is 2.39. The molecule has 1 aliphatic heterocycles. The van der Waals surface area contributed by atoms with Crippen LogP contribution in [0.2, 0.25) is 0 Å². The lowest BCUT2D eigenvalue weighted by atomic mass is 10.1. The first-order valence-electron chi connectivity index (χ1n) is 7.13. The number of aliphatic hydroxyl groups is 1. The van der Waals surface area contributed by atoms with Crippen molar-refractivity contribution in [1.29, 1.82) is 0 Å². The largest absolute Gasteiger partial charge is 0.391 e. The van der Waals surface area contributed by atoms with Crippen molar-refractivity contribution in [3.8, 4) is 0 Å². The van der Waals surface area contributed by atoms with Crippen molar-refractivity contribution in [1.82, 2.24) is 5.32 Å². The molecule has 19 heavy (non-hydrogen) atoms. The first-order chi connectivity index (χ1) is 9.20. The molecule has 1 aromatic rings. The molecule has 1 heterocycles. The molecule has 2 N–H and O–H groups in total. The van der Waals surface area contributed by atoms with Gasteiger partial charge < -0.3 is 15.3 Å². The molecular weight excluding hydrogens is 243 g/mol. The maximum Gasteiger partial charge on any atom is 0.146 e. The van der Waals surface area contributed by atoms with E-state index in [-0.39, 0.29) is 11.9 Å². The molecule has 0 saturated carbocycles. The van der Waals surface area contributed by atoms with Gasteiger partial charge in [0.05, 0.1) is 11.8 Å². The maximum atomic E-state index is 14.1. The number of anilines is 1. The Morgan fingerprint density at radius 1 is 1.47 bits per heavy atom. The number of benzene rings is 1. The monoisotopic (exact) mass is 266 g/mol. The molecule has 0 aromatic heterocycles. The lowest BCUT2D eigenvalue weighted by molar-refractivity contribution is 0.154. The second-order valence-electron chi connectivity index (χ2n) is 5.20. The van der Waals surface area contributed by atoms with Gasteiger partial charge in [0.2, 0.25) is 0 Å². The van der Waals surface area contributed by atoms with Crippen LogP contribution < -0.4 is 10.2 Å². The van der Waals surface area contributed by atoms with Crippen molar-refractivity contribution >= 4 is 5.69 Å². The Labute approximate surface area is 114 Å². The van der Waals surface area contributed by atoms with Crippen LogP contribution >= 0.6 is 0 Å². The molecule has 1 aromatic carbocycles. The normalized spacial score (nSPS) is 19.7. The van der Waals surface area contributed by atoms with E-state index >= 15 is 0 Å². The van der Waals surface area contributed by atoms with Crippen LogP contribution in [-0.2, 0) is 6.54 Å². The highest BCUT2D eigenvalue weighted by Gasteiger charge is 2.20. The fourth-order valence-electron chi connectivity index (χ4n) is 2.50. The molecule has 106 valence electrons. The molecule has 1 unspecified atom stereocenters. The highest BCUT2D eigenvalue weighted by Crippen LogP contribution is 2.24. The molecule has 3 nitrogen and oxygen atoms in total. The zero-order valence-electron chi connectivity index (χ0n) is 11.5. The molecule has 0 radical (unpaired) electrons. The minimum Gasteiger partial charge on any atom is -0.391 e. The third-order valence-electron chi connectivity index (χ3n) is 3.51. The number of β-amino-alcohol motifs (C(OH)–C–C–N with tert-alkyl or cyclic N) is 1. The molecule has 1 fully saturated rings. The lowest BCUT2D eigenvalue weighted by Crippen LogP contribution is -2.38. The number of piperidine rings is 1.